The van der Waals surface area contributed by atoms with Gasteiger partial charge in [-0.15, -0.1) is 0 Å². The van der Waals surface area contributed by atoms with Gasteiger partial charge < -0.3 is 9.64 Å². The van der Waals surface area contributed by atoms with Crippen LogP contribution in [-0.4, -0.2) is 31.1 Å². The molecule has 1 aromatic heterocycles. The lowest BCUT2D eigenvalue weighted by atomic mass is 9.92. The molecule has 1 aromatic carbocycles. The lowest BCUT2D eigenvalue weighted by Gasteiger charge is -2.14. The van der Waals surface area contributed by atoms with E-state index in [0.29, 0.717) is 39.4 Å². The number of pyridine rings is 1. The van der Waals surface area contributed by atoms with E-state index >= 15 is 0 Å². The van der Waals surface area contributed by atoms with Gasteiger partial charge in [-0.3, -0.25) is 4.98 Å². The Kier molecular flexibility index (Phi) is 5.19. The Morgan fingerprint density at radius 3 is 2.38 bits per heavy atom. The average molecular weight is 318 g/mol. The maximum Gasteiger partial charge on any atom is 0.126 e. The molecule has 120 valence electrons. The van der Waals surface area contributed by atoms with Crippen molar-refractivity contribution >= 4 is 6.08 Å². The molecule has 0 amide bonds. The molecule has 0 spiro atoms. The van der Waals surface area contributed by atoms with Crippen LogP contribution in [0.5, 0.6) is 5.75 Å². The van der Waals surface area contributed by atoms with Gasteiger partial charge in [-0.1, -0.05) is 18.2 Å². The second kappa shape index (κ2) is 7.30. The first-order chi connectivity index (χ1) is 11.5. The molecular weight excluding hydrogens is 300 g/mol. The molecule has 0 fully saturated rings. The number of aromatic nitrogens is 1. The minimum atomic E-state index is 0.361. The van der Waals surface area contributed by atoms with Gasteiger partial charge >= 0.3 is 0 Å². The second-order valence-corrected chi connectivity index (χ2v) is 5.41. The monoisotopic (exact) mass is 318 g/mol. The third-order valence-electron chi connectivity index (χ3n) is 3.54. The Hall–Kier alpha value is -3.31. The van der Waals surface area contributed by atoms with E-state index in [-0.39, 0.29) is 0 Å². The van der Waals surface area contributed by atoms with Crippen molar-refractivity contribution in [3.63, 3.8) is 0 Å². The summed E-state index contributed by atoms with van der Waals surface area (Å²) in [6.45, 7) is 1.77. The van der Waals surface area contributed by atoms with Crippen molar-refractivity contribution in [2.75, 3.05) is 21.2 Å². The van der Waals surface area contributed by atoms with Crippen molar-refractivity contribution in [3.05, 3.63) is 53.0 Å². The number of nitriles is 2. The zero-order chi connectivity index (χ0) is 17.7. The molecule has 2 aromatic rings. The summed E-state index contributed by atoms with van der Waals surface area (Å²) in [7, 11) is 5.35. The van der Waals surface area contributed by atoms with Crippen molar-refractivity contribution < 1.29 is 4.74 Å². The predicted molar refractivity (Wildman–Crippen MR) is 93.1 cm³/mol. The Morgan fingerprint density at radius 1 is 1.12 bits per heavy atom. The second-order valence-electron chi connectivity index (χ2n) is 5.41. The van der Waals surface area contributed by atoms with Crippen molar-refractivity contribution in [2.24, 2.45) is 0 Å². The first-order valence-electron chi connectivity index (χ1n) is 7.36. The van der Waals surface area contributed by atoms with Crippen LogP contribution in [0.1, 0.15) is 22.5 Å². The van der Waals surface area contributed by atoms with Crippen LogP contribution >= 0.6 is 0 Å². The first kappa shape index (κ1) is 17.1. The fraction of sp³-hybridized carbons (Fsp3) is 0.211. The van der Waals surface area contributed by atoms with E-state index < -0.39 is 0 Å². The van der Waals surface area contributed by atoms with Crippen LogP contribution in [0, 0.1) is 29.6 Å². The molecule has 1 heterocycles. The molecule has 0 bridgehead atoms. The Balaban J connectivity index is 2.87. The smallest absolute Gasteiger partial charge is 0.126 e. The zero-order valence-electron chi connectivity index (χ0n) is 14.2. The molecule has 5 heteroatoms. The number of aryl methyl sites for hydroxylation is 1. The SMILES string of the molecule is COc1ccccc1-c1c(C#N)c(C)nc(/C=C/N(C)C)c1C#N. The van der Waals surface area contributed by atoms with Crippen LogP contribution in [0.3, 0.4) is 0 Å². The van der Waals surface area contributed by atoms with E-state index in [9.17, 15) is 10.5 Å². The van der Waals surface area contributed by atoms with Gasteiger partial charge in [0.2, 0.25) is 0 Å². The number of para-hydroxylation sites is 1. The van der Waals surface area contributed by atoms with Gasteiger partial charge in [-0.25, -0.2) is 0 Å². The summed E-state index contributed by atoms with van der Waals surface area (Å²) >= 11 is 0. The zero-order valence-corrected chi connectivity index (χ0v) is 14.2. The molecule has 2 rings (SSSR count). The van der Waals surface area contributed by atoms with Crippen LogP contribution in [0.15, 0.2) is 30.5 Å². The fourth-order valence-corrected chi connectivity index (χ4v) is 2.44. The van der Waals surface area contributed by atoms with Gasteiger partial charge in [0.1, 0.15) is 17.9 Å². The summed E-state index contributed by atoms with van der Waals surface area (Å²) in [6, 6.07) is 11.7. The lowest BCUT2D eigenvalue weighted by molar-refractivity contribution is 0.416. The molecular formula is C19H18N4O. The van der Waals surface area contributed by atoms with Crippen LogP contribution in [0.4, 0.5) is 0 Å². The van der Waals surface area contributed by atoms with Crippen molar-refractivity contribution in [2.45, 2.75) is 6.92 Å². The lowest BCUT2D eigenvalue weighted by Crippen LogP contribution is -2.04. The third kappa shape index (κ3) is 3.21. The summed E-state index contributed by atoms with van der Waals surface area (Å²) in [5.74, 6) is 0.610. The van der Waals surface area contributed by atoms with Crippen LogP contribution in [0.25, 0.3) is 17.2 Å². The molecule has 0 unspecified atom stereocenters. The average Bonchev–Trinajstić information content (AvgIpc) is 2.59. The summed E-state index contributed by atoms with van der Waals surface area (Å²) < 4.78 is 5.41. The normalized spacial score (nSPS) is 10.2. The number of nitrogens with zero attached hydrogens (tertiary/aromatic N) is 4. The number of methoxy groups -OCH3 is 1. The maximum atomic E-state index is 9.71. The van der Waals surface area contributed by atoms with E-state index in [1.54, 1.807) is 20.1 Å². The van der Waals surface area contributed by atoms with Gasteiger partial charge in [0.25, 0.3) is 0 Å². The first-order valence-corrected chi connectivity index (χ1v) is 7.36. The van der Waals surface area contributed by atoms with Crippen LogP contribution in [-0.2, 0) is 0 Å². The van der Waals surface area contributed by atoms with Crippen molar-refractivity contribution in [1.29, 1.82) is 10.5 Å². The van der Waals surface area contributed by atoms with Crippen molar-refractivity contribution in [1.82, 2.24) is 9.88 Å². The standard InChI is InChI=1S/C19H18N4O/c1-13-15(11-20)19(14-7-5-6-8-18(14)24-4)16(12-21)17(22-13)9-10-23(2)3/h5-10H,1-4H3/b10-9+. The molecule has 0 saturated heterocycles. The Bertz CT molecular complexity index is 870. The molecule has 0 N–H and O–H groups in total. The van der Waals surface area contributed by atoms with Gasteiger partial charge in [0, 0.05) is 31.4 Å². The number of benzene rings is 1. The number of rotatable bonds is 4. The molecule has 24 heavy (non-hydrogen) atoms. The Morgan fingerprint density at radius 2 is 1.79 bits per heavy atom. The van der Waals surface area contributed by atoms with Crippen LogP contribution < -0.4 is 4.74 Å². The van der Waals surface area contributed by atoms with E-state index in [1.807, 2.05) is 49.5 Å². The predicted octanol–water partition coefficient (Wildman–Crippen LogP) is 3.34. The highest BCUT2D eigenvalue weighted by Gasteiger charge is 2.20. The largest absolute Gasteiger partial charge is 0.496 e. The van der Waals surface area contributed by atoms with E-state index in [4.69, 9.17) is 4.74 Å². The third-order valence-corrected chi connectivity index (χ3v) is 3.54. The summed E-state index contributed by atoms with van der Waals surface area (Å²) in [6.07, 6.45) is 3.59. The van der Waals surface area contributed by atoms with Crippen molar-refractivity contribution in [3.8, 4) is 29.0 Å². The van der Waals surface area contributed by atoms with Gasteiger partial charge in [-0.2, -0.15) is 10.5 Å². The number of hydrogen-bond acceptors (Lipinski definition) is 5. The molecule has 0 aliphatic heterocycles. The molecule has 0 aliphatic rings. The topological polar surface area (TPSA) is 72.9 Å². The number of hydrogen-bond donors (Lipinski definition) is 0. The van der Waals surface area contributed by atoms with Gasteiger partial charge in [0.15, 0.2) is 0 Å². The van der Waals surface area contributed by atoms with E-state index in [0.717, 1.165) is 0 Å². The number of ether oxygens (including phenoxy) is 1. The molecule has 5 nitrogen and oxygen atoms in total. The highest BCUT2D eigenvalue weighted by molar-refractivity contribution is 5.83. The Labute approximate surface area is 142 Å². The van der Waals surface area contributed by atoms with Gasteiger partial charge in [-0.05, 0) is 19.1 Å². The summed E-state index contributed by atoms with van der Waals surface area (Å²) in [5, 5.41) is 19.3. The maximum absolute atomic E-state index is 9.71. The molecule has 0 radical (unpaired) electrons. The molecule has 0 saturated carbocycles. The summed E-state index contributed by atoms with van der Waals surface area (Å²) in [4.78, 5) is 6.29. The fourth-order valence-electron chi connectivity index (χ4n) is 2.44. The van der Waals surface area contributed by atoms with E-state index in [2.05, 4.69) is 17.1 Å². The minimum absolute atomic E-state index is 0.361. The highest BCUT2D eigenvalue weighted by Crippen LogP contribution is 2.36. The van der Waals surface area contributed by atoms with Crippen LogP contribution in [0.2, 0.25) is 0 Å². The van der Waals surface area contributed by atoms with E-state index in [1.165, 1.54) is 0 Å². The highest BCUT2D eigenvalue weighted by atomic mass is 16.5. The molecule has 0 atom stereocenters. The summed E-state index contributed by atoms with van der Waals surface area (Å²) in [5.41, 5.74) is 3.12. The minimum Gasteiger partial charge on any atom is -0.496 e. The van der Waals surface area contributed by atoms with Gasteiger partial charge in [0.05, 0.1) is 29.6 Å². The molecule has 0 aliphatic carbocycles. The quantitative estimate of drug-likeness (QED) is 0.864.